The molecule has 1 unspecified atom stereocenters. The molecule has 8 heteroatoms. The number of aromatic nitrogens is 2. The molecular weight excluding hydrogens is 308 g/mol. The first-order chi connectivity index (χ1) is 11.5. The van der Waals surface area contributed by atoms with Gasteiger partial charge in [0, 0.05) is 13.1 Å². The predicted molar refractivity (Wildman–Crippen MR) is 90.5 cm³/mol. The minimum absolute atomic E-state index is 0.0739. The number of benzene rings is 1. The number of hydrogen-bond acceptors (Lipinski definition) is 5. The van der Waals surface area contributed by atoms with Gasteiger partial charge in [-0.25, -0.2) is 10.0 Å². The van der Waals surface area contributed by atoms with Crippen molar-refractivity contribution in [2.45, 2.75) is 19.9 Å². The second kappa shape index (κ2) is 6.15. The Morgan fingerprint density at radius 3 is 2.62 bits per heavy atom. The molecule has 0 saturated heterocycles. The Kier molecular flexibility index (Phi) is 4.03. The first-order valence-corrected chi connectivity index (χ1v) is 7.51. The zero-order valence-corrected chi connectivity index (χ0v) is 13.6. The molecule has 1 aromatic heterocycles. The minimum Gasteiger partial charge on any atom is -0.304 e. The van der Waals surface area contributed by atoms with Gasteiger partial charge in [-0.2, -0.15) is 5.10 Å². The molecule has 0 aliphatic carbocycles. The molecule has 0 spiro atoms. The van der Waals surface area contributed by atoms with Crippen LogP contribution in [0.2, 0.25) is 0 Å². The number of para-hydroxylation sites is 1. The van der Waals surface area contributed by atoms with Crippen LogP contribution < -0.4 is 15.8 Å². The van der Waals surface area contributed by atoms with E-state index in [4.69, 9.17) is 0 Å². The quantitative estimate of drug-likeness (QED) is 0.880. The number of amides is 2. The van der Waals surface area contributed by atoms with E-state index in [9.17, 15) is 9.59 Å². The zero-order valence-electron chi connectivity index (χ0n) is 13.6. The van der Waals surface area contributed by atoms with Gasteiger partial charge in [-0.05, 0) is 26.0 Å². The Morgan fingerprint density at radius 2 is 2.00 bits per heavy atom. The van der Waals surface area contributed by atoms with Crippen LogP contribution in [0.15, 0.2) is 41.4 Å². The number of nitrogens with zero attached hydrogens (tertiary/aromatic N) is 4. The van der Waals surface area contributed by atoms with Gasteiger partial charge in [0.2, 0.25) is 5.84 Å². The van der Waals surface area contributed by atoms with Crippen LogP contribution in [0.1, 0.15) is 12.6 Å². The summed E-state index contributed by atoms with van der Waals surface area (Å²) < 4.78 is 1.57. The van der Waals surface area contributed by atoms with E-state index in [1.807, 2.05) is 25.1 Å². The first kappa shape index (κ1) is 15.7. The zero-order chi connectivity index (χ0) is 17.3. The molecule has 2 amide bonds. The van der Waals surface area contributed by atoms with Crippen LogP contribution >= 0.6 is 0 Å². The van der Waals surface area contributed by atoms with Gasteiger partial charge in [-0.3, -0.25) is 19.7 Å². The highest BCUT2D eigenvalue weighted by Crippen LogP contribution is 2.16. The molecule has 0 fully saturated rings. The van der Waals surface area contributed by atoms with Crippen LogP contribution in [0.4, 0.5) is 11.5 Å². The van der Waals surface area contributed by atoms with E-state index in [1.165, 1.54) is 5.01 Å². The molecule has 24 heavy (non-hydrogen) atoms. The van der Waals surface area contributed by atoms with Crippen molar-refractivity contribution in [3.05, 3.63) is 42.1 Å². The second-order valence-corrected chi connectivity index (χ2v) is 5.52. The Hall–Kier alpha value is -3.16. The van der Waals surface area contributed by atoms with Crippen LogP contribution in [0, 0.1) is 6.92 Å². The molecule has 124 valence electrons. The van der Waals surface area contributed by atoms with E-state index in [0.717, 1.165) is 5.69 Å². The highest BCUT2D eigenvalue weighted by Gasteiger charge is 2.30. The van der Waals surface area contributed by atoms with Crippen molar-refractivity contribution in [3.8, 4) is 0 Å². The van der Waals surface area contributed by atoms with E-state index in [0.29, 0.717) is 11.5 Å². The molecule has 1 atom stereocenters. The largest absolute Gasteiger partial charge is 0.304 e. The summed E-state index contributed by atoms with van der Waals surface area (Å²) in [6.45, 7) is 3.49. The fourth-order valence-electron chi connectivity index (χ4n) is 2.41. The van der Waals surface area contributed by atoms with Crippen molar-refractivity contribution >= 4 is 29.2 Å². The van der Waals surface area contributed by atoms with Crippen LogP contribution in [0.25, 0.3) is 0 Å². The minimum atomic E-state index is -0.652. The average molecular weight is 326 g/mol. The van der Waals surface area contributed by atoms with E-state index >= 15 is 0 Å². The van der Waals surface area contributed by atoms with Gasteiger partial charge in [0.15, 0.2) is 0 Å². The van der Waals surface area contributed by atoms with Gasteiger partial charge in [0.1, 0.15) is 11.9 Å². The van der Waals surface area contributed by atoms with Crippen molar-refractivity contribution in [2.75, 3.05) is 10.3 Å². The number of carbonyl (C=O) groups excluding carboxylic acids is 2. The topological polar surface area (TPSA) is 91.6 Å². The van der Waals surface area contributed by atoms with Crippen LogP contribution in [0.3, 0.4) is 0 Å². The van der Waals surface area contributed by atoms with E-state index in [1.54, 1.807) is 36.9 Å². The van der Waals surface area contributed by atoms with E-state index in [-0.39, 0.29) is 11.7 Å². The molecule has 1 aliphatic rings. The molecule has 0 bridgehead atoms. The Balaban J connectivity index is 1.82. The Bertz CT molecular complexity index is 811. The van der Waals surface area contributed by atoms with Crippen molar-refractivity contribution in [1.29, 1.82) is 0 Å². The van der Waals surface area contributed by atoms with Crippen LogP contribution in [-0.4, -0.2) is 33.5 Å². The van der Waals surface area contributed by atoms with Crippen LogP contribution in [0.5, 0.6) is 0 Å². The summed E-state index contributed by atoms with van der Waals surface area (Å²) in [5.41, 5.74) is 4.23. The van der Waals surface area contributed by atoms with Gasteiger partial charge in [0.05, 0.1) is 11.4 Å². The molecule has 3 rings (SSSR count). The molecule has 1 aliphatic heterocycles. The molecule has 0 saturated carbocycles. The van der Waals surface area contributed by atoms with Gasteiger partial charge >= 0.3 is 0 Å². The molecule has 8 nitrogen and oxygen atoms in total. The standard InChI is InChI=1S/C16H18N6O2/c1-10-9-13(21(3)19-10)18-15(23)14-17-11(2)16(24)22(20-14)12-7-5-4-6-8-12/h4-9,11H,1-3H3,(H,17,20)(H,18,23). The molecular formula is C16H18N6O2. The maximum absolute atomic E-state index is 12.5. The molecule has 2 N–H and O–H groups in total. The second-order valence-electron chi connectivity index (χ2n) is 5.52. The van der Waals surface area contributed by atoms with Crippen molar-refractivity contribution in [3.63, 3.8) is 0 Å². The lowest BCUT2D eigenvalue weighted by molar-refractivity contribution is -0.120. The lowest BCUT2D eigenvalue weighted by atomic mass is 10.2. The third-order valence-corrected chi connectivity index (χ3v) is 3.59. The number of rotatable bonds is 3. The normalized spacial score (nSPS) is 17.3. The lowest BCUT2D eigenvalue weighted by Crippen LogP contribution is -2.57. The number of anilines is 2. The summed E-state index contributed by atoms with van der Waals surface area (Å²) in [5, 5.41) is 8.25. The van der Waals surface area contributed by atoms with Crippen molar-refractivity contribution in [1.82, 2.24) is 15.2 Å². The van der Waals surface area contributed by atoms with Gasteiger partial charge in [0.25, 0.3) is 11.8 Å². The summed E-state index contributed by atoms with van der Waals surface area (Å²) >= 11 is 0. The number of aryl methyl sites for hydroxylation is 2. The number of aliphatic imine (C=N–C) groups is 1. The van der Waals surface area contributed by atoms with Crippen molar-refractivity contribution < 1.29 is 9.59 Å². The monoisotopic (exact) mass is 326 g/mol. The maximum Gasteiger partial charge on any atom is 0.293 e. The van der Waals surface area contributed by atoms with Crippen molar-refractivity contribution in [2.24, 2.45) is 12.0 Å². The van der Waals surface area contributed by atoms with Gasteiger partial charge in [-0.15, -0.1) is 0 Å². The SMILES string of the molecule is Cc1cc(NC(=O)C2=NC(C)C(=O)N(c3ccccc3)N2)n(C)n1. The Labute approximate surface area is 139 Å². The number of carbonyl (C=O) groups is 2. The first-order valence-electron chi connectivity index (χ1n) is 7.51. The van der Waals surface area contributed by atoms with Crippen LogP contribution in [-0.2, 0) is 16.6 Å². The highest BCUT2D eigenvalue weighted by atomic mass is 16.2. The third kappa shape index (κ3) is 2.98. The lowest BCUT2D eigenvalue weighted by Gasteiger charge is -2.30. The summed E-state index contributed by atoms with van der Waals surface area (Å²) in [6, 6.07) is 10.2. The van der Waals surface area contributed by atoms with E-state index in [2.05, 4.69) is 20.8 Å². The molecule has 2 aromatic rings. The van der Waals surface area contributed by atoms with E-state index < -0.39 is 11.9 Å². The fourth-order valence-corrected chi connectivity index (χ4v) is 2.41. The summed E-state index contributed by atoms with van der Waals surface area (Å²) in [7, 11) is 1.74. The third-order valence-electron chi connectivity index (χ3n) is 3.59. The van der Waals surface area contributed by atoms with Gasteiger partial charge in [-0.1, -0.05) is 18.2 Å². The number of nitrogens with one attached hydrogen (secondary N) is 2. The predicted octanol–water partition coefficient (Wildman–Crippen LogP) is 1.01. The fraction of sp³-hybridized carbons (Fsp3) is 0.250. The summed E-state index contributed by atoms with van der Waals surface area (Å²) in [4.78, 5) is 28.9. The molecule has 0 radical (unpaired) electrons. The maximum atomic E-state index is 12.5. The number of hydrogen-bond donors (Lipinski definition) is 2. The average Bonchev–Trinajstić information content (AvgIpc) is 2.88. The Morgan fingerprint density at radius 1 is 1.29 bits per heavy atom. The molecule has 1 aromatic carbocycles. The molecule has 2 heterocycles. The number of hydrazine groups is 1. The summed E-state index contributed by atoms with van der Waals surface area (Å²) in [5.74, 6) is -0.0324. The number of amidine groups is 1. The smallest absolute Gasteiger partial charge is 0.293 e. The van der Waals surface area contributed by atoms with Gasteiger partial charge < -0.3 is 5.32 Å². The summed E-state index contributed by atoms with van der Waals surface area (Å²) in [6.07, 6.45) is 0. The highest BCUT2D eigenvalue weighted by molar-refractivity contribution is 6.43.